The molecule has 1 amide bonds. The van der Waals surface area contributed by atoms with Gasteiger partial charge in [0.15, 0.2) is 5.76 Å². The third-order valence-corrected chi connectivity index (χ3v) is 4.69. The van der Waals surface area contributed by atoms with Crippen LogP contribution in [0.4, 0.5) is 0 Å². The average molecular weight is 351 g/mol. The topological polar surface area (TPSA) is 71.5 Å². The van der Waals surface area contributed by atoms with Gasteiger partial charge in [-0.3, -0.25) is 4.79 Å². The van der Waals surface area contributed by atoms with Gasteiger partial charge in [-0.1, -0.05) is 18.2 Å². The first-order chi connectivity index (χ1) is 12.6. The maximum atomic E-state index is 13.1. The molecule has 1 aliphatic heterocycles. The van der Waals surface area contributed by atoms with Gasteiger partial charge < -0.3 is 14.4 Å². The Hall–Kier alpha value is -2.86. The lowest BCUT2D eigenvalue weighted by atomic mass is 10.1. The highest BCUT2D eigenvalue weighted by atomic mass is 16.3. The van der Waals surface area contributed by atoms with Gasteiger partial charge in [0.2, 0.25) is 0 Å². The Kier molecular flexibility index (Phi) is 4.34. The van der Waals surface area contributed by atoms with Gasteiger partial charge in [0, 0.05) is 19.3 Å². The molecular formula is C20H21N3O3. The number of hydrogen-bond donors (Lipinski definition) is 1. The molecule has 0 unspecified atom stereocenters. The van der Waals surface area contributed by atoms with Crippen LogP contribution < -0.4 is 0 Å². The second kappa shape index (κ2) is 6.80. The van der Waals surface area contributed by atoms with Crippen molar-refractivity contribution in [1.82, 2.24) is 14.7 Å². The van der Waals surface area contributed by atoms with Gasteiger partial charge in [-0.05, 0) is 44.0 Å². The zero-order valence-electron chi connectivity index (χ0n) is 14.6. The predicted molar refractivity (Wildman–Crippen MR) is 97.1 cm³/mol. The number of nitrogens with zero attached hydrogens (tertiary/aromatic N) is 3. The number of hydrogen-bond acceptors (Lipinski definition) is 4. The molecule has 6 heteroatoms. The van der Waals surface area contributed by atoms with Gasteiger partial charge in [0.25, 0.3) is 5.91 Å². The number of piperidine rings is 1. The Bertz CT molecular complexity index is 906. The molecule has 1 aromatic carbocycles. The molecule has 0 atom stereocenters. The molecule has 4 rings (SSSR count). The van der Waals surface area contributed by atoms with E-state index in [-0.39, 0.29) is 12.0 Å². The third-order valence-electron chi connectivity index (χ3n) is 4.69. The Morgan fingerprint density at radius 2 is 1.88 bits per heavy atom. The lowest BCUT2D eigenvalue weighted by Crippen LogP contribution is -2.40. The van der Waals surface area contributed by atoms with Crippen LogP contribution in [-0.4, -0.2) is 44.9 Å². The van der Waals surface area contributed by atoms with Crippen LogP contribution in [0.5, 0.6) is 0 Å². The standard InChI is InChI=1S/C20H21N3O3/c1-14-7-8-18(26-14)19-17(20(25)22-11-9-16(24)10-12-22)13-23(21-19)15-5-3-2-4-6-15/h2-8,13,16,24H,9-12H2,1H3. The first kappa shape index (κ1) is 16.6. The lowest BCUT2D eigenvalue weighted by Gasteiger charge is -2.29. The van der Waals surface area contributed by atoms with Gasteiger partial charge in [-0.15, -0.1) is 0 Å². The van der Waals surface area contributed by atoms with Gasteiger partial charge in [-0.25, -0.2) is 4.68 Å². The van der Waals surface area contributed by atoms with E-state index in [1.54, 1.807) is 15.8 Å². The van der Waals surface area contributed by atoms with Crippen molar-refractivity contribution in [2.45, 2.75) is 25.9 Å². The fourth-order valence-electron chi connectivity index (χ4n) is 3.23. The zero-order valence-corrected chi connectivity index (χ0v) is 14.6. The van der Waals surface area contributed by atoms with E-state index < -0.39 is 0 Å². The molecule has 1 aliphatic rings. The number of aliphatic hydroxyl groups is 1. The van der Waals surface area contributed by atoms with Crippen LogP contribution in [-0.2, 0) is 0 Å². The summed E-state index contributed by atoms with van der Waals surface area (Å²) >= 11 is 0. The number of amides is 1. The quantitative estimate of drug-likeness (QED) is 0.787. The van der Waals surface area contributed by atoms with Crippen LogP contribution in [0.25, 0.3) is 17.1 Å². The maximum Gasteiger partial charge on any atom is 0.257 e. The number of aryl methyl sites for hydroxylation is 1. The summed E-state index contributed by atoms with van der Waals surface area (Å²) in [6.07, 6.45) is 2.65. The van der Waals surface area contributed by atoms with Crippen molar-refractivity contribution >= 4 is 5.91 Å². The van der Waals surface area contributed by atoms with Gasteiger partial charge in [0.05, 0.1) is 17.4 Å². The second-order valence-corrected chi connectivity index (χ2v) is 6.61. The summed E-state index contributed by atoms with van der Waals surface area (Å²) in [6, 6.07) is 13.4. The number of likely N-dealkylation sites (tertiary alicyclic amines) is 1. The largest absolute Gasteiger partial charge is 0.460 e. The van der Waals surface area contributed by atoms with E-state index in [9.17, 15) is 9.90 Å². The normalized spacial score (nSPS) is 15.4. The maximum absolute atomic E-state index is 13.1. The number of aliphatic hydroxyl groups excluding tert-OH is 1. The van der Waals surface area contributed by atoms with Crippen molar-refractivity contribution in [1.29, 1.82) is 0 Å². The van der Waals surface area contributed by atoms with E-state index in [4.69, 9.17) is 4.42 Å². The van der Waals surface area contributed by atoms with Gasteiger partial charge >= 0.3 is 0 Å². The molecule has 3 heterocycles. The highest BCUT2D eigenvalue weighted by molar-refractivity contribution is 5.99. The van der Waals surface area contributed by atoms with E-state index >= 15 is 0 Å². The van der Waals surface area contributed by atoms with Crippen molar-refractivity contribution in [2.24, 2.45) is 0 Å². The number of furan rings is 1. The molecule has 0 spiro atoms. The van der Waals surface area contributed by atoms with Crippen LogP contribution in [0.2, 0.25) is 0 Å². The van der Waals surface area contributed by atoms with Crippen molar-refractivity contribution in [2.75, 3.05) is 13.1 Å². The van der Waals surface area contributed by atoms with Gasteiger partial charge in [0.1, 0.15) is 11.5 Å². The molecule has 26 heavy (non-hydrogen) atoms. The Morgan fingerprint density at radius 3 is 2.54 bits per heavy atom. The molecule has 2 aromatic heterocycles. The van der Waals surface area contributed by atoms with E-state index in [0.29, 0.717) is 42.9 Å². The van der Waals surface area contributed by atoms with Crippen LogP contribution >= 0.6 is 0 Å². The minimum atomic E-state index is -0.321. The number of rotatable bonds is 3. The molecule has 0 radical (unpaired) electrons. The predicted octanol–water partition coefficient (Wildman–Crippen LogP) is 3.04. The summed E-state index contributed by atoms with van der Waals surface area (Å²) < 4.78 is 7.43. The molecule has 3 aromatic rings. The van der Waals surface area contributed by atoms with Crippen molar-refractivity contribution in [3.63, 3.8) is 0 Å². The number of benzene rings is 1. The molecule has 0 saturated carbocycles. The van der Waals surface area contributed by atoms with Crippen LogP contribution in [0.3, 0.4) is 0 Å². The Balaban J connectivity index is 1.74. The number of carbonyl (C=O) groups is 1. The fourth-order valence-corrected chi connectivity index (χ4v) is 3.23. The number of para-hydroxylation sites is 1. The average Bonchev–Trinajstić information content (AvgIpc) is 3.29. The lowest BCUT2D eigenvalue weighted by molar-refractivity contribution is 0.0547. The van der Waals surface area contributed by atoms with E-state index in [0.717, 1.165) is 11.4 Å². The van der Waals surface area contributed by atoms with Crippen LogP contribution in [0.15, 0.2) is 53.1 Å². The summed E-state index contributed by atoms with van der Waals surface area (Å²) in [5.41, 5.74) is 1.93. The Labute approximate surface area is 151 Å². The molecule has 6 nitrogen and oxygen atoms in total. The summed E-state index contributed by atoms with van der Waals surface area (Å²) in [5.74, 6) is 1.27. The minimum Gasteiger partial charge on any atom is -0.460 e. The molecule has 134 valence electrons. The molecule has 0 bridgehead atoms. The number of aromatic nitrogens is 2. The smallest absolute Gasteiger partial charge is 0.257 e. The van der Waals surface area contributed by atoms with Crippen molar-refractivity contribution in [3.05, 3.63) is 60.0 Å². The highest BCUT2D eigenvalue weighted by Gasteiger charge is 2.27. The van der Waals surface area contributed by atoms with Crippen molar-refractivity contribution in [3.8, 4) is 17.1 Å². The first-order valence-electron chi connectivity index (χ1n) is 8.81. The molecular weight excluding hydrogens is 330 g/mol. The third kappa shape index (κ3) is 3.15. The van der Waals surface area contributed by atoms with Gasteiger partial charge in [-0.2, -0.15) is 5.10 Å². The summed E-state index contributed by atoms with van der Waals surface area (Å²) in [7, 11) is 0. The van der Waals surface area contributed by atoms with Crippen molar-refractivity contribution < 1.29 is 14.3 Å². The molecule has 0 aliphatic carbocycles. The summed E-state index contributed by atoms with van der Waals surface area (Å²) in [5, 5.41) is 14.3. The summed E-state index contributed by atoms with van der Waals surface area (Å²) in [6.45, 7) is 2.96. The molecule has 1 fully saturated rings. The SMILES string of the molecule is Cc1ccc(-c2nn(-c3ccccc3)cc2C(=O)N2CCC(O)CC2)o1. The number of carbonyl (C=O) groups excluding carboxylic acids is 1. The fraction of sp³-hybridized carbons (Fsp3) is 0.300. The van der Waals surface area contributed by atoms with E-state index in [1.165, 1.54) is 0 Å². The molecule has 1 saturated heterocycles. The van der Waals surface area contributed by atoms with E-state index in [1.807, 2.05) is 49.4 Å². The Morgan fingerprint density at radius 1 is 1.15 bits per heavy atom. The van der Waals surface area contributed by atoms with E-state index in [2.05, 4.69) is 5.10 Å². The second-order valence-electron chi connectivity index (χ2n) is 6.61. The summed E-state index contributed by atoms with van der Waals surface area (Å²) in [4.78, 5) is 14.9. The minimum absolute atomic E-state index is 0.0804. The highest BCUT2D eigenvalue weighted by Crippen LogP contribution is 2.27. The zero-order chi connectivity index (χ0) is 18.1. The van der Waals surface area contributed by atoms with Crippen LogP contribution in [0.1, 0.15) is 29.0 Å². The van der Waals surface area contributed by atoms with Crippen LogP contribution in [0, 0.1) is 6.92 Å². The molecule has 1 N–H and O–H groups in total. The first-order valence-corrected chi connectivity index (χ1v) is 8.81. The monoisotopic (exact) mass is 351 g/mol.